The third-order valence-electron chi connectivity index (χ3n) is 2.29. The highest BCUT2D eigenvalue weighted by Gasteiger charge is 2.09. The first-order chi connectivity index (χ1) is 7.66. The van der Waals surface area contributed by atoms with Crippen LogP contribution in [-0.2, 0) is 0 Å². The zero-order valence-electron chi connectivity index (χ0n) is 8.67. The van der Waals surface area contributed by atoms with E-state index in [0.29, 0.717) is 10.7 Å². The summed E-state index contributed by atoms with van der Waals surface area (Å²) in [5.41, 5.74) is 1.27. The van der Waals surface area contributed by atoms with Gasteiger partial charge < -0.3 is 5.32 Å². The predicted molar refractivity (Wildman–Crippen MR) is 62.0 cm³/mol. The number of anilines is 1. The molecule has 0 spiro atoms. The summed E-state index contributed by atoms with van der Waals surface area (Å²) in [6, 6.07) is 6.19. The maximum atomic E-state index is 13.4. The molecular formula is C11H11ClFN3. The van der Waals surface area contributed by atoms with Gasteiger partial charge in [0.2, 0.25) is 0 Å². The molecule has 1 unspecified atom stereocenters. The van der Waals surface area contributed by atoms with Gasteiger partial charge in [-0.2, -0.15) is 5.10 Å². The molecule has 1 aromatic heterocycles. The molecular weight excluding hydrogens is 229 g/mol. The molecule has 3 nitrogen and oxygen atoms in total. The van der Waals surface area contributed by atoms with Gasteiger partial charge in [0.15, 0.2) is 0 Å². The Labute approximate surface area is 97.6 Å². The molecule has 84 valence electrons. The lowest BCUT2D eigenvalue weighted by Gasteiger charge is -2.14. The molecule has 0 saturated heterocycles. The third-order valence-corrected chi connectivity index (χ3v) is 2.52. The van der Waals surface area contributed by atoms with Crippen molar-refractivity contribution in [1.82, 2.24) is 10.2 Å². The molecule has 0 bridgehead atoms. The highest BCUT2D eigenvalue weighted by molar-refractivity contribution is 6.30. The number of benzene rings is 1. The van der Waals surface area contributed by atoms with Crippen molar-refractivity contribution in [2.24, 2.45) is 0 Å². The lowest BCUT2D eigenvalue weighted by atomic mass is 10.2. The Kier molecular flexibility index (Phi) is 3.10. The van der Waals surface area contributed by atoms with E-state index in [4.69, 9.17) is 11.6 Å². The van der Waals surface area contributed by atoms with E-state index in [1.807, 2.05) is 13.0 Å². The average Bonchev–Trinajstić information content (AvgIpc) is 2.76. The Balaban J connectivity index is 2.17. The van der Waals surface area contributed by atoms with Crippen molar-refractivity contribution in [2.75, 3.05) is 5.32 Å². The van der Waals surface area contributed by atoms with Gasteiger partial charge in [0.25, 0.3) is 0 Å². The van der Waals surface area contributed by atoms with E-state index in [2.05, 4.69) is 15.5 Å². The molecule has 0 aliphatic rings. The lowest BCUT2D eigenvalue weighted by Crippen LogP contribution is -2.08. The predicted octanol–water partition coefficient (Wildman–Crippen LogP) is 3.38. The topological polar surface area (TPSA) is 40.7 Å². The minimum Gasteiger partial charge on any atom is -0.375 e. The molecule has 1 atom stereocenters. The third kappa shape index (κ3) is 2.33. The summed E-state index contributed by atoms with van der Waals surface area (Å²) in [6.07, 6.45) is 1.65. The Morgan fingerprint density at radius 1 is 1.44 bits per heavy atom. The first-order valence-electron chi connectivity index (χ1n) is 4.87. The van der Waals surface area contributed by atoms with Crippen molar-refractivity contribution in [3.63, 3.8) is 0 Å². The van der Waals surface area contributed by atoms with Crippen molar-refractivity contribution in [2.45, 2.75) is 13.0 Å². The fourth-order valence-corrected chi connectivity index (χ4v) is 1.60. The quantitative estimate of drug-likeness (QED) is 0.862. The highest BCUT2D eigenvalue weighted by Crippen LogP contribution is 2.23. The van der Waals surface area contributed by atoms with Crippen LogP contribution in [0.15, 0.2) is 30.5 Å². The molecule has 1 heterocycles. The van der Waals surface area contributed by atoms with Crippen LogP contribution in [0, 0.1) is 5.82 Å². The van der Waals surface area contributed by atoms with Gasteiger partial charge in [-0.15, -0.1) is 0 Å². The summed E-state index contributed by atoms with van der Waals surface area (Å²) in [5, 5.41) is 10.2. The smallest absolute Gasteiger partial charge is 0.146 e. The standard InChI is InChI=1S/C11H11ClFN3/c1-7(10-4-5-14-16-10)15-11-6-8(12)2-3-9(11)13/h2-7,15H,1H3,(H,14,16). The molecule has 0 aliphatic carbocycles. The van der Waals surface area contributed by atoms with E-state index >= 15 is 0 Å². The van der Waals surface area contributed by atoms with Crippen LogP contribution in [0.4, 0.5) is 10.1 Å². The van der Waals surface area contributed by atoms with Crippen molar-refractivity contribution in [1.29, 1.82) is 0 Å². The van der Waals surface area contributed by atoms with Crippen molar-refractivity contribution in [3.05, 3.63) is 47.0 Å². The fourth-order valence-electron chi connectivity index (χ4n) is 1.43. The summed E-state index contributed by atoms with van der Waals surface area (Å²) in [5.74, 6) is -0.323. The van der Waals surface area contributed by atoms with Gasteiger partial charge in [0.1, 0.15) is 5.82 Å². The van der Waals surface area contributed by atoms with Crippen LogP contribution in [0.1, 0.15) is 18.7 Å². The zero-order chi connectivity index (χ0) is 11.5. The number of hydrogen-bond acceptors (Lipinski definition) is 2. The zero-order valence-corrected chi connectivity index (χ0v) is 9.42. The molecule has 5 heteroatoms. The largest absolute Gasteiger partial charge is 0.375 e. The first-order valence-corrected chi connectivity index (χ1v) is 5.25. The molecule has 0 amide bonds. The van der Waals surface area contributed by atoms with Gasteiger partial charge in [-0.1, -0.05) is 11.6 Å². The van der Waals surface area contributed by atoms with Crippen molar-refractivity contribution < 1.29 is 4.39 Å². The number of rotatable bonds is 3. The fraction of sp³-hybridized carbons (Fsp3) is 0.182. The highest BCUT2D eigenvalue weighted by atomic mass is 35.5. The lowest BCUT2D eigenvalue weighted by molar-refractivity contribution is 0.627. The first kappa shape index (κ1) is 11.0. The Bertz CT molecular complexity index is 470. The minimum absolute atomic E-state index is 0.0598. The van der Waals surface area contributed by atoms with Crippen LogP contribution in [-0.4, -0.2) is 10.2 Å². The summed E-state index contributed by atoms with van der Waals surface area (Å²) in [7, 11) is 0. The monoisotopic (exact) mass is 239 g/mol. The molecule has 1 aromatic carbocycles. The van der Waals surface area contributed by atoms with E-state index in [1.54, 1.807) is 12.3 Å². The van der Waals surface area contributed by atoms with E-state index < -0.39 is 0 Å². The number of nitrogens with zero attached hydrogens (tertiary/aromatic N) is 1. The van der Waals surface area contributed by atoms with Crippen LogP contribution < -0.4 is 5.32 Å². The SMILES string of the molecule is CC(Nc1cc(Cl)ccc1F)c1ccn[nH]1. The van der Waals surface area contributed by atoms with Crippen LogP contribution in [0.5, 0.6) is 0 Å². The number of aromatic amines is 1. The van der Waals surface area contributed by atoms with E-state index in [-0.39, 0.29) is 11.9 Å². The van der Waals surface area contributed by atoms with Crippen LogP contribution >= 0.6 is 11.6 Å². The van der Waals surface area contributed by atoms with Gasteiger partial charge in [0, 0.05) is 11.2 Å². The van der Waals surface area contributed by atoms with Crippen molar-refractivity contribution in [3.8, 4) is 0 Å². The molecule has 2 rings (SSSR count). The maximum absolute atomic E-state index is 13.4. The van der Waals surface area contributed by atoms with E-state index in [0.717, 1.165) is 5.69 Å². The Morgan fingerprint density at radius 2 is 2.25 bits per heavy atom. The normalized spacial score (nSPS) is 12.4. The number of halogens is 2. The second-order valence-corrected chi connectivity index (χ2v) is 3.94. The summed E-state index contributed by atoms with van der Waals surface area (Å²) in [4.78, 5) is 0. The molecule has 0 radical (unpaired) electrons. The number of hydrogen-bond donors (Lipinski definition) is 2. The molecule has 2 N–H and O–H groups in total. The molecule has 0 fully saturated rings. The molecule has 0 saturated carbocycles. The van der Waals surface area contributed by atoms with Gasteiger partial charge in [-0.05, 0) is 31.2 Å². The van der Waals surface area contributed by atoms with Crippen LogP contribution in [0.3, 0.4) is 0 Å². The minimum atomic E-state index is -0.323. The molecule has 16 heavy (non-hydrogen) atoms. The van der Waals surface area contributed by atoms with Crippen LogP contribution in [0.2, 0.25) is 5.02 Å². The number of aromatic nitrogens is 2. The van der Waals surface area contributed by atoms with Gasteiger partial charge in [-0.25, -0.2) is 4.39 Å². The second kappa shape index (κ2) is 4.53. The van der Waals surface area contributed by atoms with E-state index in [1.165, 1.54) is 12.1 Å². The molecule has 0 aliphatic heterocycles. The molecule has 2 aromatic rings. The number of nitrogens with one attached hydrogen (secondary N) is 2. The Hall–Kier alpha value is -1.55. The van der Waals surface area contributed by atoms with Gasteiger partial charge >= 0.3 is 0 Å². The summed E-state index contributed by atoms with van der Waals surface area (Å²) >= 11 is 5.80. The average molecular weight is 240 g/mol. The van der Waals surface area contributed by atoms with Crippen molar-refractivity contribution >= 4 is 17.3 Å². The summed E-state index contributed by atoms with van der Waals surface area (Å²) < 4.78 is 13.4. The summed E-state index contributed by atoms with van der Waals surface area (Å²) in [6.45, 7) is 1.91. The Morgan fingerprint density at radius 3 is 2.94 bits per heavy atom. The van der Waals surface area contributed by atoms with Crippen LogP contribution in [0.25, 0.3) is 0 Å². The maximum Gasteiger partial charge on any atom is 0.146 e. The second-order valence-electron chi connectivity index (χ2n) is 3.50. The van der Waals surface area contributed by atoms with Gasteiger partial charge in [0.05, 0.1) is 17.4 Å². The van der Waals surface area contributed by atoms with E-state index in [9.17, 15) is 4.39 Å². The number of H-pyrrole nitrogens is 1. The van der Waals surface area contributed by atoms with Gasteiger partial charge in [-0.3, -0.25) is 5.10 Å².